The smallest absolute Gasteiger partial charge is 0.405 e. The minimum absolute atomic E-state index is 0.263. The van der Waals surface area contributed by atoms with E-state index in [0.717, 1.165) is 4.90 Å². The molecule has 10 nitrogen and oxygen atoms in total. The van der Waals surface area contributed by atoms with Crippen LogP contribution in [-0.4, -0.2) is 82.4 Å². The second-order valence-electron chi connectivity index (χ2n) is 11.3. The number of nitrogens with one attached hydrogen (secondary N) is 3. The van der Waals surface area contributed by atoms with Crippen LogP contribution in [0.25, 0.3) is 0 Å². The molecule has 0 bridgehead atoms. The van der Waals surface area contributed by atoms with Crippen molar-refractivity contribution in [1.82, 2.24) is 20.9 Å². The van der Waals surface area contributed by atoms with Gasteiger partial charge in [-0.1, -0.05) is 20.8 Å². The summed E-state index contributed by atoms with van der Waals surface area (Å²) in [5.41, 5.74) is -1.04. The van der Waals surface area contributed by atoms with E-state index in [-0.39, 0.29) is 6.04 Å². The third kappa shape index (κ3) is 9.60. The summed E-state index contributed by atoms with van der Waals surface area (Å²) in [4.78, 5) is 63.8. The fourth-order valence-electron chi connectivity index (χ4n) is 4.29. The SMILES string of the molecule is CC(F)(F)CCC(NC(=O)[C@@H]1C[C@H](C(F)(F)F)CCN1C(=O)C(NC(=O)O)C(C)(C)C)C(=O)C(=O)NC1CC1. The van der Waals surface area contributed by atoms with Crippen LogP contribution in [0.3, 0.4) is 0 Å². The first-order valence-electron chi connectivity index (χ1n) is 12.6. The van der Waals surface area contributed by atoms with Crippen molar-refractivity contribution in [2.45, 2.75) is 102 Å². The van der Waals surface area contributed by atoms with E-state index in [1.807, 2.05) is 5.32 Å². The molecule has 4 atom stereocenters. The Hall–Kier alpha value is -3.00. The van der Waals surface area contributed by atoms with Gasteiger partial charge in [-0.25, -0.2) is 13.6 Å². The molecule has 1 saturated carbocycles. The first-order chi connectivity index (χ1) is 17.7. The lowest BCUT2D eigenvalue weighted by molar-refractivity contribution is -0.193. The Bertz CT molecular complexity index is 958. The maximum absolute atomic E-state index is 13.6. The summed E-state index contributed by atoms with van der Waals surface area (Å²) in [6, 6.07) is -5.28. The number of piperidine rings is 1. The zero-order valence-corrected chi connectivity index (χ0v) is 22.2. The van der Waals surface area contributed by atoms with E-state index < -0.39 is 103 Å². The number of amides is 4. The molecule has 2 rings (SSSR count). The molecule has 4 amide bonds. The van der Waals surface area contributed by atoms with Crippen molar-refractivity contribution in [1.29, 1.82) is 0 Å². The molecule has 0 spiro atoms. The second kappa shape index (κ2) is 12.0. The highest BCUT2D eigenvalue weighted by Crippen LogP contribution is 2.37. The summed E-state index contributed by atoms with van der Waals surface area (Å²) >= 11 is 0. The molecule has 2 unspecified atom stereocenters. The second-order valence-corrected chi connectivity index (χ2v) is 11.3. The highest BCUT2D eigenvalue weighted by atomic mass is 19.4. The summed E-state index contributed by atoms with van der Waals surface area (Å²) < 4.78 is 67.9. The molecule has 0 radical (unpaired) electrons. The van der Waals surface area contributed by atoms with Crippen LogP contribution in [0.15, 0.2) is 0 Å². The van der Waals surface area contributed by atoms with Gasteiger partial charge in [0.05, 0.1) is 12.0 Å². The predicted octanol–water partition coefficient (Wildman–Crippen LogP) is 2.61. The van der Waals surface area contributed by atoms with E-state index in [2.05, 4.69) is 10.6 Å². The van der Waals surface area contributed by atoms with Gasteiger partial charge in [0.1, 0.15) is 12.1 Å². The molecule has 0 aromatic carbocycles. The molecule has 39 heavy (non-hydrogen) atoms. The van der Waals surface area contributed by atoms with Crippen molar-refractivity contribution in [3.05, 3.63) is 0 Å². The first kappa shape index (κ1) is 32.2. The minimum atomic E-state index is -4.72. The molecular weight excluding hydrogens is 535 g/mol. The van der Waals surface area contributed by atoms with Gasteiger partial charge in [-0.3, -0.25) is 19.2 Å². The Morgan fingerprint density at radius 2 is 1.54 bits per heavy atom. The maximum atomic E-state index is 13.6. The van der Waals surface area contributed by atoms with Crippen LogP contribution >= 0.6 is 0 Å². The van der Waals surface area contributed by atoms with Crippen molar-refractivity contribution in [3.63, 3.8) is 0 Å². The van der Waals surface area contributed by atoms with Crippen LogP contribution in [0.5, 0.6) is 0 Å². The maximum Gasteiger partial charge on any atom is 0.405 e. The van der Waals surface area contributed by atoms with Crippen LogP contribution in [0, 0.1) is 11.3 Å². The Morgan fingerprint density at radius 1 is 0.949 bits per heavy atom. The number of Topliss-reactive ketones (excluding diaryl/α,β-unsaturated/α-hetero) is 1. The van der Waals surface area contributed by atoms with E-state index in [4.69, 9.17) is 0 Å². The molecule has 1 aliphatic carbocycles. The average Bonchev–Trinajstić information content (AvgIpc) is 3.60. The van der Waals surface area contributed by atoms with E-state index in [1.165, 1.54) is 20.8 Å². The normalized spacial score (nSPS) is 21.9. The molecule has 2 aliphatic rings. The van der Waals surface area contributed by atoms with Gasteiger partial charge in [0.15, 0.2) is 0 Å². The highest BCUT2D eigenvalue weighted by Gasteiger charge is 2.49. The lowest BCUT2D eigenvalue weighted by Crippen LogP contribution is -2.63. The zero-order valence-electron chi connectivity index (χ0n) is 22.2. The molecule has 1 heterocycles. The van der Waals surface area contributed by atoms with Gasteiger partial charge in [-0.2, -0.15) is 13.2 Å². The van der Waals surface area contributed by atoms with Crippen molar-refractivity contribution in [2.75, 3.05) is 6.54 Å². The molecule has 2 fully saturated rings. The van der Waals surface area contributed by atoms with Crippen LogP contribution < -0.4 is 16.0 Å². The molecule has 222 valence electrons. The van der Waals surface area contributed by atoms with Gasteiger partial charge in [-0.05, 0) is 44.4 Å². The number of alkyl halides is 5. The zero-order chi connectivity index (χ0) is 29.9. The summed E-state index contributed by atoms with van der Waals surface area (Å²) in [6.07, 6.45) is -8.11. The monoisotopic (exact) mass is 570 g/mol. The lowest BCUT2D eigenvalue weighted by atomic mass is 9.83. The molecule has 1 saturated heterocycles. The fraction of sp³-hybridized carbons (Fsp3) is 0.792. The van der Waals surface area contributed by atoms with Gasteiger partial charge in [0.25, 0.3) is 5.91 Å². The number of nitrogens with zero attached hydrogens (tertiary/aromatic N) is 1. The fourth-order valence-corrected chi connectivity index (χ4v) is 4.29. The molecule has 0 aromatic rings. The number of ketones is 1. The van der Waals surface area contributed by atoms with Crippen molar-refractivity contribution >= 4 is 29.6 Å². The molecule has 4 N–H and O–H groups in total. The van der Waals surface area contributed by atoms with Crippen molar-refractivity contribution < 1.29 is 51.0 Å². The summed E-state index contributed by atoms with van der Waals surface area (Å²) in [5, 5.41) is 15.7. The van der Waals surface area contributed by atoms with Crippen LogP contribution in [0.4, 0.5) is 26.7 Å². The molecule has 0 aromatic heterocycles. The quantitative estimate of drug-likeness (QED) is 0.235. The largest absolute Gasteiger partial charge is 0.465 e. The Labute approximate surface area is 222 Å². The van der Waals surface area contributed by atoms with Crippen molar-refractivity contribution in [2.24, 2.45) is 11.3 Å². The third-order valence-corrected chi connectivity index (χ3v) is 6.67. The van der Waals surface area contributed by atoms with Gasteiger partial charge < -0.3 is 26.0 Å². The van der Waals surface area contributed by atoms with E-state index in [0.29, 0.717) is 19.8 Å². The summed E-state index contributed by atoms with van der Waals surface area (Å²) in [5.74, 6) is -9.82. The predicted molar refractivity (Wildman–Crippen MR) is 127 cm³/mol. The van der Waals surface area contributed by atoms with Gasteiger partial charge in [0.2, 0.25) is 23.5 Å². The van der Waals surface area contributed by atoms with Crippen LogP contribution in [0.1, 0.15) is 66.2 Å². The van der Waals surface area contributed by atoms with Gasteiger partial charge in [-0.15, -0.1) is 0 Å². The van der Waals surface area contributed by atoms with Gasteiger partial charge >= 0.3 is 12.3 Å². The Balaban J connectivity index is 2.36. The number of likely N-dealkylation sites (tertiary alicyclic amines) is 1. The Kier molecular flexibility index (Phi) is 9.93. The number of carbonyl (C=O) groups is 5. The number of carbonyl (C=O) groups excluding carboxylic acids is 4. The van der Waals surface area contributed by atoms with Gasteiger partial charge in [0, 0.05) is 19.0 Å². The number of hydrogen-bond donors (Lipinski definition) is 4. The number of hydrogen-bond acceptors (Lipinski definition) is 5. The highest BCUT2D eigenvalue weighted by molar-refractivity contribution is 6.38. The number of carboxylic acid groups (broad SMARTS) is 1. The Morgan fingerprint density at radius 3 is 2.00 bits per heavy atom. The van der Waals surface area contributed by atoms with E-state index in [9.17, 15) is 51.0 Å². The molecule has 15 heteroatoms. The first-order valence-corrected chi connectivity index (χ1v) is 12.6. The average molecular weight is 571 g/mol. The summed E-state index contributed by atoms with van der Waals surface area (Å²) in [6.45, 7) is 4.56. The number of rotatable bonds is 10. The van der Waals surface area contributed by atoms with E-state index in [1.54, 1.807) is 0 Å². The van der Waals surface area contributed by atoms with E-state index >= 15 is 0 Å². The van der Waals surface area contributed by atoms with Crippen LogP contribution in [-0.2, 0) is 19.2 Å². The lowest BCUT2D eigenvalue weighted by Gasteiger charge is -2.42. The topological polar surface area (TPSA) is 145 Å². The summed E-state index contributed by atoms with van der Waals surface area (Å²) in [7, 11) is 0. The minimum Gasteiger partial charge on any atom is -0.465 e. The molecular formula is C24H35F5N4O6. The number of halogens is 5. The third-order valence-electron chi connectivity index (χ3n) is 6.67. The molecule has 1 aliphatic heterocycles. The standard InChI is InChI=1S/C24H35F5N4O6/c1-22(2,3)17(32-21(38)39)20(37)33-10-8-12(24(27,28)29)11-15(33)18(35)31-14(7-9-23(4,25)26)16(34)19(36)30-13-5-6-13/h12-15,17,32H,5-11H2,1-4H3,(H,30,36)(H,31,35)(H,38,39)/t12-,14?,15+,17?/m1/s1. The van der Waals surface area contributed by atoms with Crippen LogP contribution in [0.2, 0.25) is 0 Å². The van der Waals surface area contributed by atoms with Crippen molar-refractivity contribution in [3.8, 4) is 0 Å².